The highest BCUT2D eigenvalue weighted by atomic mass is 32.1. The van der Waals surface area contributed by atoms with Crippen molar-refractivity contribution < 1.29 is 0 Å². The molecule has 3 rings (SSSR count). The van der Waals surface area contributed by atoms with E-state index in [1.165, 1.54) is 26.8 Å². The molecule has 1 atom stereocenters. The molecule has 0 bridgehead atoms. The van der Waals surface area contributed by atoms with Gasteiger partial charge in [0.15, 0.2) is 0 Å². The second-order valence-corrected chi connectivity index (χ2v) is 6.14. The van der Waals surface area contributed by atoms with Crippen LogP contribution in [-0.4, -0.2) is 0 Å². The topological polar surface area (TPSA) is 38.0 Å². The van der Waals surface area contributed by atoms with Gasteiger partial charge in [-0.3, -0.25) is 11.3 Å². The Bertz CT molecular complexity index is 733. The summed E-state index contributed by atoms with van der Waals surface area (Å²) in [5, 5.41) is 3.60. The van der Waals surface area contributed by atoms with Crippen molar-refractivity contribution in [1.82, 2.24) is 5.43 Å². The Morgan fingerprint density at radius 3 is 2.62 bits per heavy atom. The molecule has 3 heteroatoms. The van der Waals surface area contributed by atoms with Crippen LogP contribution in [0.5, 0.6) is 0 Å². The summed E-state index contributed by atoms with van der Waals surface area (Å²) in [5.41, 5.74) is 7.03. The van der Waals surface area contributed by atoms with Crippen molar-refractivity contribution in [2.75, 3.05) is 0 Å². The minimum absolute atomic E-state index is 0.152. The van der Waals surface area contributed by atoms with Crippen LogP contribution in [-0.2, 0) is 12.8 Å². The number of hydrogen-bond acceptors (Lipinski definition) is 3. The minimum atomic E-state index is 0.152. The molecule has 21 heavy (non-hydrogen) atoms. The Hall–Kier alpha value is -1.68. The van der Waals surface area contributed by atoms with E-state index in [2.05, 4.69) is 66.3 Å². The lowest BCUT2D eigenvalue weighted by Crippen LogP contribution is -2.30. The van der Waals surface area contributed by atoms with Gasteiger partial charge in [-0.15, -0.1) is 11.3 Å². The highest BCUT2D eigenvalue weighted by molar-refractivity contribution is 7.17. The summed E-state index contributed by atoms with van der Waals surface area (Å²) in [4.78, 5) is 0. The summed E-state index contributed by atoms with van der Waals surface area (Å²) >= 11 is 1.80. The monoisotopic (exact) mass is 296 g/mol. The zero-order valence-electron chi connectivity index (χ0n) is 12.2. The van der Waals surface area contributed by atoms with Crippen molar-refractivity contribution in [3.8, 4) is 0 Å². The maximum atomic E-state index is 5.84. The van der Waals surface area contributed by atoms with Crippen molar-refractivity contribution in [2.24, 2.45) is 5.84 Å². The van der Waals surface area contributed by atoms with Crippen molar-refractivity contribution in [2.45, 2.75) is 25.8 Å². The van der Waals surface area contributed by atoms with Gasteiger partial charge in [0, 0.05) is 4.70 Å². The van der Waals surface area contributed by atoms with Crippen LogP contribution in [0.15, 0.2) is 53.9 Å². The molecule has 108 valence electrons. The molecule has 2 aromatic carbocycles. The second kappa shape index (κ2) is 6.39. The van der Waals surface area contributed by atoms with Gasteiger partial charge in [-0.05, 0) is 46.4 Å². The largest absolute Gasteiger partial charge is 0.271 e. The van der Waals surface area contributed by atoms with Gasteiger partial charge in [0.25, 0.3) is 0 Å². The first-order valence-electron chi connectivity index (χ1n) is 7.32. The fraction of sp³-hybridized carbons (Fsp3) is 0.222. The lowest BCUT2D eigenvalue weighted by Gasteiger charge is -2.19. The Kier molecular flexibility index (Phi) is 4.34. The summed E-state index contributed by atoms with van der Waals surface area (Å²) < 4.78 is 1.34. The number of fused-ring (bicyclic) bond motifs is 1. The average Bonchev–Trinajstić information content (AvgIpc) is 2.95. The number of benzene rings is 2. The first kappa shape index (κ1) is 14.3. The van der Waals surface area contributed by atoms with E-state index < -0.39 is 0 Å². The van der Waals surface area contributed by atoms with Gasteiger partial charge in [0.1, 0.15) is 0 Å². The first-order chi connectivity index (χ1) is 10.3. The number of rotatable bonds is 5. The average molecular weight is 296 g/mol. The van der Waals surface area contributed by atoms with Crippen molar-refractivity contribution >= 4 is 21.4 Å². The standard InChI is InChI=1S/C18H20N2S/c1-2-13-7-3-4-8-15(13)17(20-19)11-14-12-21-18-10-6-5-9-16(14)18/h3-10,12,17,20H,2,11,19H2,1H3. The maximum absolute atomic E-state index is 5.84. The molecule has 0 aliphatic rings. The lowest BCUT2D eigenvalue weighted by atomic mass is 9.94. The summed E-state index contributed by atoms with van der Waals surface area (Å²) in [6.45, 7) is 2.19. The number of nitrogens with one attached hydrogen (secondary N) is 1. The summed E-state index contributed by atoms with van der Waals surface area (Å²) in [5.74, 6) is 5.84. The van der Waals surface area contributed by atoms with Gasteiger partial charge in [0.2, 0.25) is 0 Å². The third kappa shape index (κ3) is 2.86. The molecule has 0 saturated carbocycles. The zero-order chi connectivity index (χ0) is 14.7. The van der Waals surface area contributed by atoms with Crippen LogP contribution in [0.3, 0.4) is 0 Å². The van der Waals surface area contributed by atoms with Gasteiger partial charge in [-0.25, -0.2) is 0 Å². The van der Waals surface area contributed by atoms with Crippen LogP contribution in [0.1, 0.15) is 29.7 Å². The third-order valence-electron chi connectivity index (χ3n) is 4.00. The fourth-order valence-electron chi connectivity index (χ4n) is 2.87. The molecular formula is C18H20N2S. The highest BCUT2D eigenvalue weighted by Crippen LogP contribution is 2.30. The van der Waals surface area contributed by atoms with Crippen LogP contribution >= 0.6 is 11.3 Å². The molecule has 0 saturated heterocycles. The van der Waals surface area contributed by atoms with E-state index in [-0.39, 0.29) is 6.04 Å². The van der Waals surface area contributed by atoms with Gasteiger partial charge in [0.05, 0.1) is 6.04 Å². The molecule has 3 N–H and O–H groups in total. The second-order valence-electron chi connectivity index (χ2n) is 5.23. The van der Waals surface area contributed by atoms with Gasteiger partial charge < -0.3 is 0 Å². The molecule has 1 unspecified atom stereocenters. The summed E-state index contributed by atoms with van der Waals surface area (Å²) in [6, 6.07) is 17.3. The number of nitrogens with two attached hydrogens (primary N) is 1. The lowest BCUT2D eigenvalue weighted by molar-refractivity contribution is 0.550. The van der Waals surface area contributed by atoms with E-state index in [4.69, 9.17) is 5.84 Å². The summed E-state index contributed by atoms with van der Waals surface area (Å²) in [7, 11) is 0. The van der Waals surface area contributed by atoms with Gasteiger partial charge in [-0.2, -0.15) is 0 Å². The first-order valence-corrected chi connectivity index (χ1v) is 8.20. The Morgan fingerprint density at radius 2 is 1.81 bits per heavy atom. The number of hydrazine groups is 1. The van der Waals surface area contributed by atoms with Crippen molar-refractivity contribution in [3.05, 3.63) is 70.6 Å². The SMILES string of the molecule is CCc1ccccc1C(Cc1csc2ccccc12)NN. The molecule has 0 aliphatic heterocycles. The molecule has 1 heterocycles. The quantitative estimate of drug-likeness (QED) is 0.547. The van der Waals surface area contributed by atoms with E-state index in [1.807, 2.05) is 0 Å². The predicted octanol–water partition coefficient (Wildman–Crippen LogP) is 4.21. The zero-order valence-corrected chi connectivity index (χ0v) is 13.0. The number of hydrogen-bond donors (Lipinski definition) is 2. The molecule has 0 amide bonds. The number of thiophene rings is 1. The molecule has 0 spiro atoms. The molecule has 0 radical (unpaired) electrons. The highest BCUT2D eigenvalue weighted by Gasteiger charge is 2.15. The Labute approximate surface area is 129 Å². The van der Waals surface area contributed by atoms with E-state index in [1.54, 1.807) is 11.3 Å². The maximum Gasteiger partial charge on any atom is 0.0503 e. The summed E-state index contributed by atoms with van der Waals surface area (Å²) in [6.07, 6.45) is 1.94. The molecule has 1 aromatic heterocycles. The molecule has 3 aromatic rings. The molecule has 0 fully saturated rings. The molecule has 0 aliphatic carbocycles. The van der Waals surface area contributed by atoms with Crippen LogP contribution in [0.2, 0.25) is 0 Å². The van der Waals surface area contributed by atoms with Crippen LogP contribution in [0, 0.1) is 0 Å². The number of aryl methyl sites for hydroxylation is 1. The van der Waals surface area contributed by atoms with E-state index in [0.717, 1.165) is 12.8 Å². The minimum Gasteiger partial charge on any atom is -0.271 e. The third-order valence-corrected chi connectivity index (χ3v) is 5.01. The van der Waals surface area contributed by atoms with Gasteiger partial charge in [-0.1, -0.05) is 49.4 Å². The van der Waals surface area contributed by atoms with E-state index >= 15 is 0 Å². The normalized spacial score (nSPS) is 12.7. The van der Waals surface area contributed by atoms with Crippen LogP contribution in [0.4, 0.5) is 0 Å². The van der Waals surface area contributed by atoms with Crippen LogP contribution < -0.4 is 11.3 Å². The Morgan fingerprint density at radius 1 is 1.05 bits per heavy atom. The van der Waals surface area contributed by atoms with E-state index in [9.17, 15) is 0 Å². The van der Waals surface area contributed by atoms with Gasteiger partial charge >= 0.3 is 0 Å². The smallest absolute Gasteiger partial charge is 0.0503 e. The predicted molar refractivity (Wildman–Crippen MR) is 91.4 cm³/mol. The molecule has 2 nitrogen and oxygen atoms in total. The molecular weight excluding hydrogens is 276 g/mol. The Balaban J connectivity index is 1.94. The van der Waals surface area contributed by atoms with Crippen LogP contribution in [0.25, 0.3) is 10.1 Å². The van der Waals surface area contributed by atoms with Crippen molar-refractivity contribution in [3.63, 3.8) is 0 Å². The fourth-order valence-corrected chi connectivity index (χ4v) is 3.84. The van der Waals surface area contributed by atoms with Crippen molar-refractivity contribution in [1.29, 1.82) is 0 Å². The van der Waals surface area contributed by atoms with E-state index in [0.29, 0.717) is 0 Å².